The highest BCUT2D eigenvalue weighted by molar-refractivity contribution is 9.10. The number of halogens is 2. The van der Waals surface area contributed by atoms with Gasteiger partial charge in [0, 0.05) is 24.6 Å². The zero-order chi connectivity index (χ0) is 15.2. The molecule has 0 radical (unpaired) electrons. The van der Waals surface area contributed by atoms with Gasteiger partial charge >= 0.3 is 0 Å². The minimum absolute atomic E-state index is 0. The zero-order valence-electron chi connectivity index (χ0n) is 12.0. The predicted octanol–water partition coefficient (Wildman–Crippen LogP) is 1.46. The summed E-state index contributed by atoms with van der Waals surface area (Å²) in [4.78, 5) is 13.3. The van der Waals surface area contributed by atoms with Crippen LogP contribution < -0.4 is 5.32 Å². The van der Waals surface area contributed by atoms with E-state index in [1.807, 2.05) is 6.07 Å². The fourth-order valence-corrected chi connectivity index (χ4v) is 3.47. The molecule has 1 N–H and O–H groups in total. The number of nitrogens with one attached hydrogen (secondary N) is 1. The van der Waals surface area contributed by atoms with E-state index in [0.29, 0.717) is 18.7 Å². The van der Waals surface area contributed by atoms with E-state index in [-0.39, 0.29) is 24.1 Å². The summed E-state index contributed by atoms with van der Waals surface area (Å²) in [6.45, 7) is 1.12. The van der Waals surface area contributed by atoms with Crippen LogP contribution in [0.5, 0.6) is 0 Å². The van der Waals surface area contributed by atoms with Crippen LogP contribution in [0.1, 0.15) is 5.56 Å². The van der Waals surface area contributed by atoms with Crippen molar-refractivity contribution < 1.29 is 13.2 Å². The van der Waals surface area contributed by atoms with Gasteiger partial charge in [-0.15, -0.1) is 12.4 Å². The molecule has 1 rings (SSSR count). The molecule has 0 aliphatic carbocycles. The van der Waals surface area contributed by atoms with Crippen LogP contribution in [0.4, 0.5) is 0 Å². The smallest absolute Gasteiger partial charge is 0.237 e. The molecule has 120 valence electrons. The highest BCUT2D eigenvalue weighted by Gasteiger charge is 2.20. The van der Waals surface area contributed by atoms with Gasteiger partial charge in [-0.1, -0.05) is 28.1 Å². The Morgan fingerprint density at radius 1 is 1.38 bits per heavy atom. The first-order valence-electron chi connectivity index (χ1n) is 6.17. The summed E-state index contributed by atoms with van der Waals surface area (Å²) in [5.41, 5.74) is 0.671. The predicted molar refractivity (Wildman–Crippen MR) is 90.4 cm³/mol. The van der Waals surface area contributed by atoms with E-state index in [1.165, 1.54) is 4.90 Å². The summed E-state index contributed by atoms with van der Waals surface area (Å²) in [5, 5.41) is 2.91. The third-order valence-electron chi connectivity index (χ3n) is 2.74. The zero-order valence-corrected chi connectivity index (χ0v) is 15.2. The maximum atomic E-state index is 12.0. The molecule has 0 atom stereocenters. The second kappa shape index (κ2) is 9.40. The second-order valence-electron chi connectivity index (χ2n) is 4.58. The Morgan fingerprint density at radius 2 is 2.05 bits per heavy atom. The van der Waals surface area contributed by atoms with Gasteiger partial charge in [0.15, 0.2) is 9.84 Å². The van der Waals surface area contributed by atoms with Crippen molar-refractivity contribution in [2.24, 2.45) is 0 Å². The molecule has 21 heavy (non-hydrogen) atoms. The van der Waals surface area contributed by atoms with Crippen LogP contribution in [0.2, 0.25) is 0 Å². The van der Waals surface area contributed by atoms with Gasteiger partial charge in [-0.25, -0.2) is 8.42 Å². The van der Waals surface area contributed by atoms with Crippen molar-refractivity contribution in [2.75, 3.05) is 32.9 Å². The quantitative estimate of drug-likeness (QED) is 0.754. The lowest BCUT2D eigenvalue weighted by Crippen LogP contribution is -2.36. The normalized spacial score (nSPS) is 10.8. The Bertz CT molecular complexity index is 566. The maximum absolute atomic E-state index is 12.0. The minimum Gasteiger partial charge on any atom is -0.344 e. The summed E-state index contributed by atoms with van der Waals surface area (Å²) in [7, 11) is -0.0676. The fraction of sp³-hybridized carbons (Fsp3) is 0.462. The van der Waals surface area contributed by atoms with Gasteiger partial charge in [0.25, 0.3) is 0 Å². The van der Waals surface area contributed by atoms with Gasteiger partial charge < -0.3 is 10.2 Å². The van der Waals surface area contributed by atoms with Gasteiger partial charge in [0.2, 0.25) is 5.91 Å². The molecule has 1 amide bonds. The highest BCUT2D eigenvalue weighted by Crippen LogP contribution is 2.14. The van der Waals surface area contributed by atoms with E-state index in [9.17, 15) is 13.2 Å². The molecule has 0 aliphatic rings. The van der Waals surface area contributed by atoms with Crippen LogP contribution in [-0.2, 0) is 20.4 Å². The number of likely N-dealkylation sites (N-methyl/N-ethyl adjacent to an activating group) is 2. The number of nitrogens with zero attached hydrogens (tertiary/aromatic N) is 1. The van der Waals surface area contributed by atoms with E-state index in [4.69, 9.17) is 0 Å². The lowest BCUT2D eigenvalue weighted by Gasteiger charge is -2.16. The van der Waals surface area contributed by atoms with Gasteiger partial charge in [0.1, 0.15) is 5.75 Å². The molecule has 0 aromatic heterocycles. The topological polar surface area (TPSA) is 66.5 Å². The molecule has 5 nitrogen and oxygen atoms in total. The molecule has 0 fully saturated rings. The number of sulfone groups is 1. The van der Waals surface area contributed by atoms with Gasteiger partial charge in [-0.2, -0.15) is 0 Å². The van der Waals surface area contributed by atoms with Crippen LogP contribution >= 0.6 is 28.3 Å². The van der Waals surface area contributed by atoms with E-state index in [1.54, 1.807) is 32.3 Å². The van der Waals surface area contributed by atoms with E-state index in [2.05, 4.69) is 21.2 Å². The Hall–Kier alpha value is -0.630. The molecular formula is C13H20BrClN2O3S. The van der Waals surface area contributed by atoms with E-state index >= 15 is 0 Å². The van der Waals surface area contributed by atoms with Crippen molar-refractivity contribution in [1.29, 1.82) is 0 Å². The number of carbonyl (C=O) groups excluding carboxylic acids is 1. The molecule has 0 aliphatic heterocycles. The fourth-order valence-electron chi connectivity index (χ4n) is 1.63. The van der Waals surface area contributed by atoms with Crippen LogP contribution in [0.3, 0.4) is 0 Å². The lowest BCUT2D eigenvalue weighted by molar-refractivity contribution is -0.127. The van der Waals surface area contributed by atoms with E-state index in [0.717, 1.165) is 4.47 Å². The second-order valence-corrected chi connectivity index (χ2v) is 7.56. The SMILES string of the molecule is CNCCN(C)C(=O)CS(=O)(=O)Cc1cccc(Br)c1.Cl. The standard InChI is InChI=1S/C13H19BrN2O3S.ClH/c1-15-6-7-16(2)13(17)10-20(18,19)9-11-4-3-5-12(14)8-11;/h3-5,8,15H,6-7,9-10H2,1-2H3;1H. The summed E-state index contributed by atoms with van der Waals surface area (Å²) >= 11 is 3.30. The van der Waals surface area contributed by atoms with Crippen molar-refractivity contribution in [2.45, 2.75) is 5.75 Å². The number of hydrogen-bond acceptors (Lipinski definition) is 4. The molecule has 0 unspecified atom stereocenters. The van der Waals surface area contributed by atoms with E-state index < -0.39 is 15.6 Å². The average Bonchev–Trinajstić information content (AvgIpc) is 2.34. The summed E-state index contributed by atoms with van der Waals surface area (Å²) < 4.78 is 24.9. The molecular weight excluding hydrogens is 380 g/mol. The molecule has 1 aromatic rings. The molecule has 0 bridgehead atoms. The molecule has 0 saturated heterocycles. The highest BCUT2D eigenvalue weighted by atomic mass is 79.9. The third-order valence-corrected chi connectivity index (χ3v) is 4.70. The first-order valence-corrected chi connectivity index (χ1v) is 8.79. The number of rotatable bonds is 7. The van der Waals surface area contributed by atoms with Crippen molar-refractivity contribution >= 4 is 44.1 Å². The first kappa shape index (κ1) is 20.4. The Labute approximate surface area is 140 Å². The molecule has 0 heterocycles. The van der Waals surface area contributed by atoms with Crippen molar-refractivity contribution in [3.05, 3.63) is 34.3 Å². The Balaban J connectivity index is 0.00000400. The van der Waals surface area contributed by atoms with Crippen molar-refractivity contribution in [1.82, 2.24) is 10.2 Å². The third kappa shape index (κ3) is 7.80. The molecule has 8 heteroatoms. The largest absolute Gasteiger partial charge is 0.344 e. The van der Waals surface area contributed by atoms with Gasteiger partial charge in [-0.3, -0.25) is 4.79 Å². The summed E-state index contributed by atoms with van der Waals surface area (Å²) in [6.07, 6.45) is 0. The van der Waals surface area contributed by atoms with Gasteiger partial charge in [0.05, 0.1) is 5.75 Å². The van der Waals surface area contributed by atoms with Crippen LogP contribution in [0.25, 0.3) is 0 Å². The molecule has 0 spiro atoms. The van der Waals surface area contributed by atoms with Crippen LogP contribution in [0, 0.1) is 0 Å². The maximum Gasteiger partial charge on any atom is 0.237 e. The number of amides is 1. The first-order chi connectivity index (χ1) is 9.34. The Morgan fingerprint density at radius 3 is 2.62 bits per heavy atom. The number of carbonyl (C=O) groups is 1. The minimum atomic E-state index is -3.45. The summed E-state index contributed by atoms with van der Waals surface area (Å²) in [6, 6.07) is 7.08. The van der Waals surface area contributed by atoms with Gasteiger partial charge in [-0.05, 0) is 24.7 Å². The number of hydrogen-bond donors (Lipinski definition) is 1. The molecule has 1 aromatic carbocycles. The van der Waals surface area contributed by atoms with Crippen LogP contribution in [-0.4, -0.2) is 52.2 Å². The number of benzene rings is 1. The summed E-state index contributed by atoms with van der Waals surface area (Å²) in [5.74, 6) is -0.965. The Kier molecular flexibility index (Phi) is 9.12. The average molecular weight is 400 g/mol. The van der Waals surface area contributed by atoms with Crippen molar-refractivity contribution in [3.8, 4) is 0 Å². The lowest BCUT2D eigenvalue weighted by atomic mass is 10.2. The van der Waals surface area contributed by atoms with Crippen LogP contribution in [0.15, 0.2) is 28.7 Å². The monoisotopic (exact) mass is 398 g/mol. The molecule has 0 saturated carbocycles. The van der Waals surface area contributed by atoms with Crippen molar-refractivity contribution in [3.63, 3.8) is 0 Å².